The van der Waals surface area contributed by atoms with Crippen LogP contribution in [0, 0.1) is 23.2 Å². The lowest BCUT2D eigenvalue weighted by atomic mass is 9.60. The molecule has 11 heteroatoms. The molecule has 3 rings (SSSR count). The number of aromatic nitrogens is 1. The van der Waals surface area contributed by atoms with Gasteiger partial charge in [-0.05, 0) is 31.2 Å². The van der Waals surface area contributed by atoms with Gasteiger partial charge in [0, 0.05) is 10.9 Å². The molecule has 1 aromatic carbocycles. The number of nitrogens with one attached hydrogen (secondary N) is 1. The summed E-state index contributed by atoms with van der Waals surface area (Å²) in [6.45, 7) is 3.81. The fourth-order valence-electron chi connectivity index (χ4n) is 5.33. The van der Waals surface area contributed by atoms with Crippen molar-refractivity contribution in [3.05, 3.63) is 35.5 Å². The molecule has 188 valence electrons. The lowest BCUT2D eigenvalue weighted by Crippen LogP contribution is -2.56. The van der Waals surface area contributed by atoms with Crippen molar-refractivity contribution in [1.29, 1.82) is 5.26 Å². The smallest absolute Gasteiger partial charge is 0.353 e. The summed E-state index contributed by atoms with van der Waals surface area (Å²) >= 11 is 0. The van der Waals surface area contributed by atoms with Crippen molar-refractivity contribution in [2.75, 3.05) is 6.26 Å². The molecule has 1 heterocycles. The number of carbonyl (C=O) groups excluding carboxylic acids is 2. The highest BCUT2D eigenvalue weighted by Gasteiger charge is 2.54. The van der Waals surface area contributed by atoms with Crippen LogP contribution in [0.1, 0.15) is 62.0 Å². The van der Waals surface area contributed by atoms with E-state index in [0.29, 0.717) is 23.2 Å². The van der Waals surface area contributed by atoms with Crippen LogP contribution in [-0.2, 0) is 25.0 Å². The van der Waals surface area contributed by atoms with E-state index < -0.39 is 50.9 Å². The zero-order chi connectivity index (χ0) is 26.1. The van der Waals surface area contributed by atoms with Gasteiger partial charge in [0.1, 0.15) is 11.7 Å². The zero-order valence-electron chi connectivity index (χ0n) is 19.9. The summed E-state index contributed by atoms with van der Waals surface area (Å²) in [6.07, 6.45) is 2.64. The largest absolute Gasteiger partial charge is 0.477 e. The Kier molecular flexibility index (Phi) is 7.26. The van der Waals surface area contributed by atoms with Gasteiger partial charge in [-0.1, -0.05) is 44.9 Å². The van der Waals surface area contributed by atoms with Gasteiger partial charge in [0.2, 0.25) is 21.8 Å². The molecule has 1 aliphatic carbocycles. The number of amides is 2. The van der Waals surface area contributed by atoms with Crippen molar-refractivity contribution in [2.24, 2.45) is 17.6 Å². The fraction of sp³-hybridized carbons (Fsp3) is 0.500. The number of nitrogens with zero attached hydrogens (tertiary/aromatic N) is 2. The summed E-state index contributed by atoms with van der Waals surface area (Å²) in [4.78, 5) is 39.3. The topological polar surface area (TPSA) is 172 Å². The number of hydrogen-bond acceptors (Lipinski definition) is 6. The van der Waals surface area contributed by atoms with Crippen LogP contribution in [0.5, 0.6) is 0 Å². The van der Waals surface area contributed by atoms with Crippen molar-refractivity contribution in [3.8, 4) is 6.07 Å². The van der Waals surface area contributed by atoms with Gasteiger partial charge >= 0.3 is 5.97 Å². The van der Waals surface area contributed by atoms with Crippen molar-refractivity contribution in [3.63, 3.8) is 0 Å². The second-order valence-corrected chi connectivity index (χ2v) is 11.4. The SMILES string of the molecule is CC(C)C[C@@H](C#N)NC(=O)[C@@H]1CCCC[C@@]1(C(N)=O)c1c(C(=O)O)n(S(C)(=O)=O)c2ccccc12. The standard InChI is InChI=1S/C24H30N4O6S/c1-14(2)12-15(13-25)27-21(29)17-9-6-7-11-24(17,23(26)32)19-16-8-4-5-10-18(16)28(35(3,33)34)20(19)22(30)31/h4-5,8,10,14-15,17H,6-7,9,11-12H2,1-3H3,(H2,26,32)(H,27,29)(H,30,31)/t15-,17-,24-/m0/s1. The highest BCUT2D eigenvalue weighted by atomic mass is 32.2. The molecule has 1 saturated carbocycles. The lowest BCUT2D eigenvalue weighted by Gasteiger charge is -2.41. The maximum absolute atomic E-state index is 13.5. The third-order valence-electron chi connectivity index (χ3n) is 6.66. The Morgan fingerprint density at radius 2 is 1.94 bits per heavy atom. The first-order valence-corrected chi connectivity index (χ1v) is 13.3. The third kappa shape index (κ3) is 4.62. The zero-order valence-corrected chi connectivity index (χ0v) is 20.8. The molecule has 3 atom stereocenters. The molecule has 1 aromatic heterocycles. The number of para-hydroxylation sites is 1. The second kappa shape index (κ2) is 9.70. The van der Waals surface area contributed by atoms with E-state index in [-0.39, 0.29) is 35.2 Å². The number of fused-ring (bicyclic) bond motifs is 1. The number of primary amides is 1. The maximum atomic E-state index is 13.5. The number of benzene rings is 1. The molecule has 0 bridgehead atoms. The Morgan fingerprint density at radius 1 is 1.29 bits per heavy atom. The summed E-state index contributed by atoms with van der Waals surface area (Å²) in [6, 6.07) is 7.40. The monoisotopic (exact) mass is 502 g/mol. The Bertz CT molecular complexity index is 1320. The first-order chi connectivity index (χ1) is 16.4. The Balaban J connectivity index is 2.34. The van der Waals surface area contributed by atoms with E-state index in [1.54, 1.807) is 12.1 Å². The van der Waals surface area contributed by atoms with Gasteiger partial charge < -0.3 is 16.2 Å². The quantitative estimate of drug-likeness (QED) is 0.496. The average Bonchev–Trinajstić information content (AvgIpc) is 3.14. The Morgan fingerprint density at radius 3 is 2.49 bits per heavy atom. The number of carboxylic acid groups (broad SMARTS) is 1. The van der Waals surface area contributed by atoms with Crippen LogP contribution in [0.4, 0.5) is 0 Å². The maximum Gasteiger partial charge on any atom is 0.353 e. The van der Waals surface area contributed by atoms with Gasteiger partial charge in [0.05, 0.1) is 29.2 Å². The number of hydrogen-bond donors (Lipinski definition) is 3. The molecule has 2 aromatic rings. The van der Waals surface area contributed by atoms with E-state index in [1.165, 1.54) is 12.1 Å². The van der Waals surface area contributed by atoms with Gasteiger partial charge in [-0.15, -0.1) is 0 Å². The summed E-state index contributed by atoms with van der Waals surface area (Å²) < 4.78 is 26.1. The first-order valence-electron chi connectivity index (χ1n) is 11.4. The number of rotatable bonds is 8. The van der Waals surface area contributed by atoms with Crippen LogP contribution in [0.15, 0.2) is 24.3 Å². The van der Waals surface area contributed by atoms with Crippen molar-refractivity contribution >= 4 is 38.7 Å². The number of aromatic carboxylic acids is 1. The minimum absolute atomic E-state index is 0.0693. The minimum atomic E-state index is -4.11. The molecule has 0 spiro atoms. The van der Waals surface area contributed by atoms with Crippen LogP contribution < -0.4 is 11.1 Å². The molecule has 35 heavy (non-hydrogen) atoms. The summed E-state index contributed by atoms with van der Waals surface area (Å²) in [5.74, 6) is -3.99. The lowest BCUT2D eigenvalue weighted by molar-refractivity contribution is -0.137. The predicted octanol–water partition coefficient (Wildman–Crippen LogP) is 2.11. The number of nitrogens with two attached hydrogens (primary N) is 1. The number of carbonyl (C=O) groups is 3. The van der Waals surface area contributed by atoms with Crippen LogP contribution >= 0.6 is 0 Å². The normalized spacial score (nSPS) is 21.4. The fourth-order valence-corrected chi connectivity index (χ4v) is 6.35. The van der Waals surface area contributed by atoms with Gasteiger partial charge in [0.25, 0.3) is 0 Å². The van der Waals surface area contributed by atoms with E-state index in [0.717, 1.165) is 6.26 Å². The second-order valence-electron chi connectivity index (χ2n) is 9.53. The van der Waals surface area contributed by atoms with Crippen molar-refractivity contribution < 1.29 is 27.9 Å². The van der Waals surface area contributed by atoms with Crippen molar-refractivity contribution in [1.82, 2.24) is 9.29 Å². The molecule has 0 aliphatic heterocycles. The molecule has 0 unspecified atom stereocenters. The molecule has 0 radical (unpaired) electrons. The molecular weight excluding hydrogens is 472 g/mol. The van der Waals surface area contributed by atoms with E-state index in [4.69, 9.17) is 5.73 Å². The van der Waals surface area contributed by atoms with Gasteiger partial charge in [-0.25, -0.2) is 17.2 Å². The number of nitriles is 1. The van der Waals surface area contributed by atoms with Crippen LogP contribution in [-0.4, -0.2) is 47.6 Å². The van der Waals surface area contributed by atoms with Gasteiger partial charge in [-0.3, -0.25) is 9.59 Å². The van der Waals surface area contributed by atoms with E-state index in [9.17, 15) is 33.2 Å². The van der Waals surface area contributed by atoms with Crippen LogP contribution in [0.2, 0.25) is 0 Å². The molecular formula is C24H30N4O6S. The average molecular weight is 503 g/mol. The molecule has 0 saturated heterocycles. The predicted molar refractivity (Wildman–Crippen MR) is 129 cm³/mol. The number of carboxylic acids is 1. The Labute approximate surface area is 204 Å². The van der Waals surface area contributed by atoms with Crippen LogP contribution in [0.3, 0.4) is 0 Å². The highest BCUT2D eigenvalue weighted by Crippen LogP contribution is 2.49. The van der Waals surface area contributed by atoms with E-state index in [2.05, 4.69) is 11.4 Å². The first kappa shape index (κ1) is 26.2. The molecule has 2 amide bonds. The van der Waals surface area contributed by atoms with Gasteiger partial charge in [0.15, 0.2) is 0 Å². The molecule has 1 fully saturated rings. The summed E-state index contributed by atoms with van der Waals surface area (Å²) in [7, 11) is -4.11. The minimum Gasteiger partial charge on any atom is -0.477 e. The van der Waals surface area contributed by atoms with E-state index >= 15 is 0 Å². The summed E-state index contributed by atoms with van der Waals surface area (Å²) in [5, 5.41) is 22.6. The highest BCUT2D eigenvalue weighted by molar-refractivity contribution is 7.89. The van der Waals surface area contributed by atoms with Gasteiger partial charge in [-0.2, -0.15) is 5.26 Å². The van der Waals surface area contributed by atoms with E-state index in [1.807, 2.05) is 13.8 Å². The summed E-state index contributed by atoms with van der Waals surface area (Å²) in [5.41, 5.74) is 3.58. The molecule has 4 N–H and O–H groups in total. The van der Waals surface area contributed by atoms with Crippen molar-refractivity contribution in [2.45, 2.75) is 57.4 Å². The third-order valence-corrected chi connectivity index (χ3v) is 7.70. The van der Waals surface area contributed by atoms with Crippen LogP contribution in [0.25, 0.3) is 10.9 Å². The molecule has 10 nitrogen and oxygen atoms in total. The molecule has 1 aliphatic rings. The Hall–Kier alpha value is -3.39.